The van der Waals surface area contributed by atoms with E-state index in [0.717, 1.165) is 16.5 Å². The van der Waals surface area contributed by atoms with E-state index in [2.05, 4.69) is 20.9 Å². The van der Waals surface area contributed by atoms with Crippen molar-refractivity contribution in [3.8, 4) is 0 Å². The highest BCUT2D eigenvalue weighted by Gasteiger charge is 2.27. The van der Waals surface area contributed by atoms with Crippen molar-refractivity contribution in [2.75, 3.05) is 6.54 Å². The summed E-state index contributed by atoms with van der Waals surface area (Å²) in [5, 5.41) is 25.5. The summed E-state index contributed by atoms with van der Waals surface area (Å²) in [6.07, 6.45) is 1.36. The number of aliphatic carboxylic acids is 2. The van der Waals surface area contributed by atoms with Crippen LogP contribution in [0.5, 0.6) is 0 Å². The van der Waals surface area contributed by atoms with E-state index in [0.29, 0.717) is 0 Å². The molecule has 2 rings (SSSR count). The molecule has 33 heavy (non-hydrogen) atoms. The molecule has 1 heterocycles. The standard InChI is InChI=1S/C21H27N5O7/c1-11(25-20(32)14(22)6-7-17(27)28)19(31)26-16(21(33)24-10-18(29)30)8-12-9-23-15-5-3-2-4-13(12)15/h2-5,9,11,14,16,23H,6-8,10,22H2,1H3,(H,24,33)(H,25,32)(H,26,31)(H,27,28)(H,29,30). The van der Waals surface area contributed by atoms with Crippen LogP contribution in [0.1, 0.15) is 25.3 Å². The number of nitrogens with one attached hydrogen (secondary N) is 4. The Morgan fingerprint density at radius 3 is 2.36 bits per heavy atom. The van der Waals surface area contributed by atoms with Gasteiger partial charge in [0.2, 0.25) is 17.7 Å². The zero-order valence-corrected chi connectivity index (χ0v) is 18.0. The van der Waals surface area contributed by atoms with Crippen LogP contribution < -0.4 is 21.7 Å². The van der Waals surface area contributed by atoms with Crippen LogP contribution in [0.25, 0.3) is 10.9 Å². The molecule has 0 saturated carbocycles. The van der Waals surface area contributed by atoms with Crippen LogP contribution >= 0.6 is 0 Å². The molecule has 0 fully saturated rings. The van der Waals surface area contributed by atoms with E-state index in [-0.39, 0.29) is 19.3 Å². The Balaban J connectivity index is 2.08. The Kier molecular flexibility index (Phi) is 8.92. The van der Waals surface area contributed by atoms with Gasteiger partial charge in [-0.2, -0.15) is 0 Å². The Morgan fingerprint density at radius 2 is 1.70 bits per heavy atom. The minimum atomic E-state index is -1.24. The minimum absolute atomic E-state index is 0.0694. The number of carbonyl (C=O) groups is 5. The van der Waals surface area contributed by atoms with Gasteiger partial charge in [-0.3, -0.25) is 24.0 Å². The van der Waals surface area contributed by atoms with Crippen molar-refractivity contribution in [2.45, 2.75) is 44.3 Å². The maximum atomic E-state index is 12.6. The van der Waals surface area contributed by atoms with Crippen molar-refractivity contribution in [1.29, 1.82) is 0 Å². The van der Waals surface area contributed by atoms with Gasteiger partial charge in [0.1, 0.15) is 18.6 Å². The average Bonchev–Trinajstić information content (AvgIpc) is 3.17. The summed E-state index contributed by atoms with van der Waals surface area (Å²) in [5.41, 5.74) is 7.21. The Hall–Kier alpha value is -3.93. The molecule has 8 N–H and O–H groups in total. The fourth-order valence-corrected chi connectivity index (χ4v) is 3.11. The molecular formula is C21H27N5O7. The first-order valence-electron chi connectivity index (χ1n) is 10.2. The van der Waals surface area contributed by atoms with E-state index in [9.17, 15) is 24.0 Å². The minimum Gasteiger partial charge on any atom is -0.481 e. The Labute approximate surface area is 188 Å². The van der Waals surface area contributed by atoms with Crippen LogP contribution in [-0.4, -0.2) is 69.5 Å². The number of carbonyl (C=O) groups excluding carboxylic acids is 3. The third-order valence-corrected chi connectivity index (χ3v) is 4.90. The molecular weight excluding hydrogens is 434 g/mol. The predicted octanol–water partition coefficient (Wildman–Crippen LogP) is -0.907. The molecule has 1 aromatic carbocycles. The summed E-state index contributed by atoms with van der Waals surface area (Å²) >= 11 is 0. The van der Waals surface area contributed by atoms with Crippen LogP contribution in [0, 0.1) is 0 Å². The molecule has 1 aromatic heterocycles. The molecule has 0 bridgehead atoms. The molecule has 3 amide bonds. The van der Waals surface area contributed by atoms with Crippen LogP contribution in [0.15, 0.2) is 30.5 Å². The molecule has 3 atom stereocenters. The highest BCUT2D eigenvalue weighted by atomic mass is 16.4. The van der Waals surface area contributed by atoms with Crippen molar-refractivity contribution in [3.63, 3.8) is 0 Å². The van der Waals surface area contributed by atoms with Crippen LogP contribution in [0.2, 0.25) is 0 Å². The lowest BCUT2D eigenvalue weighted by Gasteiger charge is -2.22. The van der Waals surface area contributed by atoms with Crippen LogP contribution in [0.3, 0.4) is 0 Å². The number of carboxylic acid groups (broad SMARTS) is 2. The second kappa shape index (κ2) is 11.6. The SMILES string of the molecule is CC(NC(=O)C(N)CCC(=O)O)C(=O)NC(Cc1c[nH]c2ccccc12)C(=O)NCC(=O)O. The summed E-state index contributed by atoms with van der Waals surface area (Å²) in [4.78, 5) is 61.9. The van der Waals surface area contributed by atoms with Crippen molar-refractivity contribution in [1.82, 2.24) is 20.9 Å². The zero-order valence-electron chi connectivity index (χ0n) is 18.0. The van der Waals surface area contributed by atoms with Crippen molar-refractivity contribution >= 4 is 40.6 Å². The van der Waals surface area contributed by atoms with Crippen molar-refractivity contribution in [2.24, 2.45) is 5.73 Å². The molecule has 178 valence electrons. The Bertz CT molecular complexity index is 1030. The average molecular weight is 461 g/mol. The number of H-pyrrole nitrogens is 1. The highest BCUT2D eigenvalue weighted by Crippen LogP contribution is 2.19. The number of nitrogens with two attached hydrogens (primary N) is 1. The number of benzene rings is 1. The molecule has 0 saturated heterocycles. The quantitative estimate of drug-likeness (QED) is 0.210. The second-order valence-corrected chi connectivity index (χ2v) is 7.51. The third kappa shape index (κ3) is 7.61. The summed E-state index contributed by atoms with van der Waals surface area (Å²) in [7, 11) is 0. The molecule has 0 aliphatic heterocycles. The van der Waals surface area contributed by atoms with E-state index < -0.39 is 54.3 Å². The first-order chi connectivity index (χ1) is 15.6. The number of amides is 3. The topological polar surface area (TPSA) is 204 Å². The van der Waals surface area contributed by atoms with Gasteiger partial charge in [0, 0.05) is 29.9 Å². The molecule has 0 aliphatic rings. The van der Waals surface area contributed by atoms with Gasteiger partial charge in [-0.15, -0.1) is 0 Å². The first kappa shape index (κ1) is 25.3. The summed E-state index contributed by atoms with van der Waals surface area (Å²) < 4.78 is 0. The van der Waals surface area contributed by atoms with E-state index in [1.54, 1.807) is 6.20 Å². The molecule has 12 nitrogen and oxygen atoms in total. The smallest absolute Gasteiger partial charge is 0.322 e. The van der Waals surface area contributed by atoms with E-state index in [1.165, 1.54) is 6.92 Å². The van der Waals surface area contributed by atoms with E-state index >= 15 is 0 Å². The largest absolute Gasteiger partial charge is 0.481 e. The first-order valence-corrected chi connectivity index (χ1v) is 10.2. The predicted molar refractivity (Wildman–Crippen MR) is 117 cm³/mol. The van der Waals surface area contributed by atoms with Crippen LogP contribution in [-0.2, 0) is 30.4 Å². The number of hydrogen-bond acceptors (Lipinski definition) is 6. The number of hydrogen-bond donors (Lipinski definition) is 7. The number of aromatic nitrogens is 1. The number of rotatable bonds is 12. The lowest BCUT2D eigenvalue weighted by atomic mass is 10.0. The number of fused-ring (bicyclic) bond motifs is 1. The molecule has 0 radical (unpaired) electrons. The van der Waals surface area contributed by atoms with Gasteiger partial charge < -0.3 is 36.9 Å². The van der Waals surface area contributed by atoms with Gasteiger partial charge >= 0.3 is 11.9 Å². The number of carboxylic acids is 2. The molecule has 2 aromatic rings. The lowest BCUT2D eigenvalue weighted by Crippen LogP contribution is -2.55. The number of para-hydroxylation sites is 1. The summed E-state index contributed by atoms with van der Waals surface area (Å²) in [6, 6.07) is 4.05. The maximum Gasteiger partial charge on any atom is 0.322 e. The fraction of sp³-hybridized carbons (Fsp3) is 0.381. The zero-order chi connectivity index (χ0) is 24.5. The molecule has 12 heteroatoms. The van der Waals surface area contributed by atoms with Gasteiger partial charge in [-0.25, -0.2) is 0 Å². The van der Waals surface area contributed by atoms with Gasteiger partial charge in [0.15, 0.2) is 0 Å². The lowest BCUT2D eigenvalue weighted by molar-refractivity contribution is -0.139. The van der Waals surface area contributed by atoms with E-state index in [1.807, 2.05) is 24.3 Å². The monoisotopic (exact) mass is 461 g/mol. The molecule has 3 unspecified atom stereocenters. The fourth-order valence-electron chi connectivity index (χ4n) is 3.11. The molecule has 0 spiro atoms. The van der Waals surface area contributed by atoms with Gasteiger partial charge in [0.05, 0.1) is 6.04 Å². The van der Waals surface area contributed by atoms with E-state index in [4.69, 9.17) is 15.9 Å². The third-order valence-electron chi connectivity index (χ3n) is 4.90. The highest BCUT2D eigenvalue weighted by molar-refractivity contribution is 5.94. The van der Waals surface area contributed by atoms with Crippen molar-refractivity contribution in [3.05, 3.63) is 36.0 Å². The number of aromatic amines is 1. The van der Waals surface area contributed by atoms with Gasteiger partial charge in [-0.05, 0) is 25.0 Å². The second-order valence-electron chi connectivity index (χ2n) is 7.51. The van der Waals surface area contributed by atoms with Crippen LogP contribution in [0.4, 0.5) is 0 Å². The van der Waals surface area contributed by atoms with Gasteiger partial charge in [0.25, 0.3) is 0 Å². The molecule has 0 aliphatic carbocycles. The maximum absolute atomic E-state index is 12.6. The van der Waals surface area contributed by atoms with Crippen molar-refractivity contribution < 1.29 is 34.2 Å². The summed E-state index contributed by atoms with van der Waals surface area (Å²) in [6.45, 7) is 0.763. The Morgan fingerprint density at radius 1 is 1.00 bits per heavy atom. The summed E-state index contributed by atoms with van der Waals surface area (Å²) in [5.74, 6) is -4.44. The normalized spacial score (nSPS) is 13.5. The van der Waals surface area contributed by atoms with Gasteiger partial charge in [-0.1, -0.05) is 18.2 Å².